The van der Waals surface area contributed by atoms with Crippen molar-refractivity contribution in [3.63, 3.8) is 0 Å². The van der Waals surface area contributed by atoms with E-state index in [1.54, 1.807) is 9.58 Å². The lowest BCUT2D eigenvalue weighted by Crippen LogP contribution is -2.27. The molecular formula is C11H20N6OS. The topological polar surface area (TPSA) is 75.9 Å². The molecule has 0 bridgehead atoms. The number of hydrogen-bond donors (Lipinski definition) is 1. The van der Waals surface area contributed by atoms with E-state index in [-0.39, 0.29) is 11.2 Å². The first kappa shape index (κ1) is 14.3. The maximum absolute atomic E-state index is 11.9. The fraction of sp³-hybridized carbons (Fsp3) is 0.818. The number of thioether (sulfide) groups is 1. The highest BCUT2D eigenvalue weighted by atomic mass is 32.2. The molecule has 7 nitrogen and oxygen atoms in total. The van der Waals surface area contributed by atoms with E-state index < -0.39 is 0 Å². The van der Waals surface area contributed by atoms with Gasteiger partial charge in [-0.1, -0.05) is 25.6 Å². The Morgan fingerprint density at radius 3 is 2.95 bits per heavy atom. The Kier molecular flexibility index (Phi) is 4.76. The van der Waals surface area contributed by atoms with Crippen molar-refractivity contribution in [2.75, 3.05) is 20.1 Å². The van der Waals surface area contributed by atoms with Gasteiger partial charge >= 0.3 is 0 Å². The number of hydrogen-bond acceptors (Lipinski definition) is 6. The fourth-order valence-corrected chi connectivity index (χ4v) is 3.00. The first-order valence-electron chi connectivity index (χ1n) is 6.49. The van der Waals surface area contributed by atoms with Crippen LogP contribution in [0.2, 0.25) is 0 Å². The molecule has 0 aliphatic carbocycles. The van der Waals surface area contributed by atoms with Gasteiger partial charge in [0.2, 0.25) is 11.1 Å². The molecular weight excluding hydrogens is 264 g/mol. The zero-order valence-electron chi connectivity index (χ0n) is 11.5. The molecule has 1 aromatic rings. The summed E-state index contributed by atoms with van der Waals surface area (Å²) >= 11 is 1.46. The van der Waals surface area contributed by atoms with Crippen molar-refractivity contribution in [2.45, 2.75) is 43.3 Å². The molecule has 0 radical (unpaired) electrons. The first-order chi connectivity index (χ1) is 9.08. The third-order valence-electron chi connectivity index (χ3n) is 3.00. The molecule has 1 amide bonds. The number of nitrogens with zero attached hydrogens (tertiary/aromatic N) is 5. The molecule has 0 aromatic carbocycles. The van der Waals surface area contributed by atoms with Crippen molar-refractivity contribution in [1.82, 2.24) is 30.4 Å². The van der Waals surface area contributed by atoms with Crippen LogP contribution in [0.4, 0.5) is 0 Å². The van der Waals surface area contributed by atoms with E-state index in [4.69, 9.17) is 0 Å². The van der Waals surface area contributed by atoms with Gasteiger partial charge in [0.1, 0.15) is 0 Å². The summed E-state index contributed by atoms with van der Waals surface area (Å²) in [6, 6.07) is 0.442. The Morgan fingerprint density at radius 1 is 1.53 bits per heavy atom. The number of rotatable bonds is 6. The minimum Gasteiger partial charge on any atom is -0.345 e. The van der Waals surface area contributed by atoms with Crippen molar-refractivity contribution in [2.24, 2.45) is 0 Å². The Bertz CT molecular complexity index is 435. The van der Waals surface area contributed by atoms with E-state index in [0.717, 1.165) is 24.7 Å². The second-order valence-corrected chi connectivity index (χ2v) is 6.12. The van der Waals surface area contributed by atoms with Gasteiger partial charge in [-0.2, -0.15) is 0 Å². The number of carbonyl (C=O) groups is 1. The normalized spacial score (nSPS) is 19.7. The maximum atomic E-state index is 11.9. The minimum absolute atomic E-state index is 0.0483. The molecule has 1 aliphatic rings. The van der Waals surface area contributed by atoms with E-state index in [9.17, 15) is 4.79 Å². The summed E-state index contributed by atoms with van der Waals surface area (Å²) in [6.07, 6.45) is 0.858. The molecule has 1 N–H and O–H groups in total. The van der Waals surface area contributed by atoms with Crippen LogP contribution in [0.25, 0.3) is 0 Å². The standard InChI is InChI=1S/C11H20N6OS/c1-8(2)12-5-7-17-11(13-14-15-17)19-9-4-6-16(3)10(9)18/h8-9,12H,4-7H2,1-3H3. The van der Waals surface area contributed by atoms with Gasteiger partial charge in [0, 0.05) is 26.2 Å². The minimum atomic E-state index is -0.0483. The van der Waals surface area contributed by atoms with Gasteiger partial charge in [-0.05, 0) is 16.8 Å². The third kappa shape index (κ3) is 3.66. The molecule has 8 heteroatoms. The maximum Gasteiger partial charge on any atom is 0.235 e. The molecule has 1 saturated heterocycles. The third-order valence-corrected chi connectivity index (χ3v) is 4.23. The van der Waals surface area contributed by atoms with E-state index in [0.29, 0.717) is 12.6 Å². The van der Waals surface area contributed by atoms with Crippen LogP contribution in [-0.4, -0.2) is 62.4 Å². The number of aromatic nitrogens is 4. The smallest absolute Gasteiger partial charge is 0.235 e. The summed E-state index contributed by atoms with van der Waals surface area (Å²) in [4.78, 5) is 13.6. The van der Waals surface area contributed by atoms with Crippen LogP contribution in [0.3, 0.4) is 0 Å². The van der Waals surface area contributed by atoms with E-state index in [1.165, 1.54) is 11.8 Å². The molecule has 1 unspecified atom stereocenters. The van der Waals surface area contributed by atoms with Gasteiger partial charge in [-0.15, -0.1) is 5.10 Å². The van der Waals surface area contributed by atoms with Gasteiger partial charge in [0.05, 0.1) is 11.8 Å². The van der Waals surface area contributed by atoms with Crippen molar-refractivity contribution < 1.29 is 4.79 Å². The van der Waals surface area contributed by atoms with Gasteiger partial charge in [-0.3, -0.25) is 4.79 Å². The second kappa shape index (κ2) is 6.33. The van der Waals surface area contributed by atoms with Crippen LogP contribution in [0, 0.1) is 0 Å². The summed E-state index contributed by atoms with van der Waals surface area (Å²) in [5.74, 6) is 0.167. The van der Waals surface area contributed by atoms with Crippen LogP contribution < -0.4 is 5.32 Å². The van der Waals surface area contributed by atoms with Gasteiger partial charge in [0.15, 0.2) is 0 Å². The van der Waals surface area contributed by atoms with Gasteiger partial charge in [-0.25, -0.2) is 4.68 Å². The Balaban J connectivity index is 1.90. The van der Waals surface area contributed by atoms with E-state index in [2.05, 4.69) is 34.7 Å². The Morgan fingerprint density at radius 2 is 2.32 bits per heavy atom. The molecule has 0 saturated carbocycles. The number of carbonyl (C=O) groups excluding carboxylic acids is 1. The molecule has 1 fully saturated rings. The monoisotopic (exact) mass is 284 g/mol. The van der Waals surface area contributed by atoms with Crippen LogP contribution in [0.1, 0.15) is 20.3 Å². The average molecular weight is 284 g/mol. The predicted molar refractivity (Wildman–Crippen MR) is 72.9 cm³/mol. The average Bonchev–Trinajstić information content (AvgIpc) is 2.91. The number of likely N-dealkylation sites (tertiary alicyclic amines) is 1. The van der Waals surface area contributed by atoms with Crippen molar-refractivity contribution >= 4 is 17.7 Å². The summed E-state index contributed by atoms with van der Waals surface area (Å²) in [6.45, 7) is 6.54. The van der Waals surface area contributed by atoms with E-state index in [1.807, 2.05) is 7.05 Å². The summed E-state index contributed by atoms with van der Waals surface area (Å²) in [5.41, 5.74) is 0. The quantitative estimate of drug-likeness (QED) is 0.792. The molecule has 19 heavy (non-hydrogen) atoms. The lowest BCUT2D eigenvalue weighted by molar-refractivity contribution is -0.126. The van der Waals surface area contributed by atoms with Crippen LogP contribution in [0.5, 0.6) is 0 Å². The molecule has 2 heterocycles. The largest absolute Gasteiger partial charge is 0.345 e. The first-order valence-corrected chi connectivity index (χ1v) is 7.37. The Hall–Kier alpha value is -1.15. The molecule has 1 atom stereocenters. The predicted octanol–water partition coefficient (Wildman–Crippen LogP) is -0.00610. The number of amides is 1. The van der Waals surface area contributed by atoms with Crippen LogP contribution in [0.15, 0.2) is 5.16 Å². The van der Waals surface area contributed by atoms with E-state index >= 15 is 0 Å². The lowest BCUT2D eigenvalue weighted by atomic mass is 10.4. The zero-order valence-corrected chi connectivity index (χ0v) is 12.4. The van der Waals surface area contributed by atoms with Gasteiger partial charge in [0.25, 0.3) is 0 Å². The Labute approximate surface area is 117 Å². The lowest BCUT2D eigenvalue weighted by Gasteiger charge is -2.11. The molecule has 1 aromatic heterocycles. The summed E-state index contributed by atoms with van der Waals surface area (Å²) in [7, 11) is 1.83. The zero-order chi connectivity index (χ0) is 13.8. The van der Waals surface area contributed by atoms with Crippen LogP contribution >= 0.6 is 11.8 Å². The summed E-state index contributed by atoms with van der Waals surface area (Å²) < 4.78 is 1.76. The van der Waals surface area contributed by atoms with Crippen molar-refractivity contribution in [1.29, 1.82) is 0 Å². The summed E-state index contributed by atoms with van der Waals surface area (Å²) in [5, 5.41) is 15.7. The van der Waals surface area contributed by atoms with Crippen LogP contribution in [-0.2, 0) is 11.3 Å². The SMILES string of the molecule is CC(C)NCCn1nnnc1SC1CCN(C)C1=O. The number of nitrogens with one attached hydrogen (secondary N) is 1. The fourth-order valence-electron chi connectivity index (χ4n) is 1.91. The molecule has 1 aliphatic heterocycles. The molecule has 2 rings (SSSR count). The van der Waals surface area contributed by atoms with Gasteiger partial charge < -0.3 is 10.2 Å². The highest BCUT2D eigenvalue weighted by molar-refractivity contribution is 8.00. The molecule has 0 spiro atoms. The van der Waals surface area contributed by atoms with Crippen molar-refractivity contribution in [3.05, 3.63) is 0 Å². The highest BCUT2D eigenvalue weighted by Gasteiger charge is 2.31. The van der Waals surface area contributed by atoms with Crippen molar-refractivity contribution in [3.8, 4) is 0 Å². The molecule has 106 valence electrons. The highest BCUT2D eigenvalue weighted by Crippen LogP contribution is 2.28. The number of tetrazole rings is 1. The second-order valence-electron chi connectivity index (χ2n) is 4.95.